The molecule has 0 aromatic heterocycles. The van der Waals surface area contributed by atoms with Crippen LogP contribution in [-0.2, 0) is 16.1 Å². The van der Waals surface area contributed by atoms with Gasteiger partial charge < -0.3 is 29.9 Å². The fourth-order valence-electron chi connectivity index (χ4n) is 3.47. The Labute approximate surface area is 204 Å². The summed E-state index contributed by atoms with van der Waals surface area (Å²) in [7, 11) is 1.52. The SMILES string of the molecule is CN(C(=O)NCc1cccc(F)c1Cl)[C@H](CO)CCC(=O)N1CCN(C(=O)OC(C)(C)C)CC1. The van der Waals surface area contributed by atoms with Gasteiger partial charge in [0.05, 0.1) is 17.7 Å². The number of hydrogen-bond donors (Lipinski definition) is 2. The zero-order chi connectivity index (χ0) is 25.5. The molecule has 1 heterocycles. The minimum Gasteiger partial charge on any atom is -0.444 e. The smallest absolute Gasteiger partial charge is 0.410 e. The lowest BCUT2D eigenvalue weighted by atomic mass is 10.1. The van der Waals surface area contributed by atoms with Gasteiger partial charge in [0.1, 0.15) is 11.4 Å². The van der Waals surface area contributed by atoms with Crippen molar-refractivity contribution in [1.29, 1.82) is 0 Å². The molecule has 34 heavy (non-hydrogen) atoms. The third kappa shape index (κ3) is 8.02. The van der Waals surface area contributed by atoms with Gasteiger partial charge in [-0.15, -0.1) is 0 Å². The van der Waals surface area contributed by atoms with E-state index in [4.69, 9.17) is 16.3 Å². The molecule has 11 heteroatoms. The molecule has 0 aliphatic carbocycles. The van der Waals surface area contributed by atoms with Crippen LogP contribution in [-0.4, -0.2) is 89.3 Å². The summed E-state index contributed by atoms with van der Waals surface area (Å²) in [5.41, 5.74) is -0.143. The van der Waals surface area contributed by atoms with E-state index < -0.39 is 29.6 Å². The standard InChI is InChI=1S/C23H34ClFN4O5/c1-23(2,3)34-22(33)29-12-10-28(11-13-29)19(31)9-8-17(15-30)27(4)21(32)26-14-16-6-5-7-18(25)20(16)24/h5-7,17,30H,8-15H2,1-4H3,(H,26,32)/t17-/m0/s1. The molecule has 0 bridgehead atoms. The Morgan fingerprint density at radius 3 is 2.41 bits per heavy atom. The summed E-state index contributed by atoms with van der Waals surface area (Å²) in [6, 6.07) is 3.29. The number of piperazine rings is 1. The van der Waals surface area contributed by atoms with Crippen LogP contribution in [0.2, 0.25) is 5.02 Å². The van der Waals surface area contributed by atoms with Crippen LogP contribution in [0.15, 0.2) is 18.2 Å². The van der Waals surface area contributed by atoms with Crippen LogP contribution in [0.25, 0.3) is 0 Å². The predicted molar refractivity (Wildman–Crippen MR) is 126 cm³/mol. The Kier molecular flexibility index (Phi) is 9.93. The van der Waals surface area contributed by atoms with Crippen LogP contribution >= 0.6 is 11.6 Å². The Balaban J connectivity index is 1.79. The summed E-state index contributed by atoms with van der Waals surface area (Å²) < 4.78 is 18.9. The molecule has 2 rings (SSSR count). The number of aliphatic hydroxyl groups is 1. The van der Waals surface area contributed by atoms with Crippen LogP contribution in [0, 0.1) is 5.82 Å². The maximum absolute atomic E-state index is 13.6. The maximum Gasteiger partial charge on any atom is 0.410 e. The van der Waals surface area contributed by atoms with Crippen molar-refractivity contribution < 1.29 is 28.6 Å². The van der Waals surface area contributed by atoms with E-state index in [0.29, 0.717) is 31.7 Å². The molecule has 1 aromatic carbocycles. The lowest BCUT2D eigenvalue weighted by Crippen LogP contribution is -2.52. The van der Waals surface area contributed by atoms with E-state index in [-0.39, 0.29) is 36.9 Å². The third-order valence-electron chi connectivity index (χ3n) is 5.52. The second kappa shape index (κ2) is 12.2. The number of carbonyl (C=O) groups is 3. The number of rotatable bonds is 7. The first kappa shape index (κ1) is 27.7. The van der Waals surface area contributed by atoms with E-state index in [1.807, 2.05) is 0 Å². The molecule has 4 amide bonds. The minimum atomic E-state index is -0.578. The van der Waals surface area contributed by atoms with Crippen LogP contribution in [0.1, 0.15) is 39.2 Å². The fraction of sp³-hybridized carbons (Fsp3) is 0.609. The van der Waals surface area contributed by atoms with Crippen molar-refractivity contribution in [3.8, 4) is 0 Å². The molecule has 0 unspecified atom stereocenters. The lowest BCUT2D eigenvalue weighted by Gasteiger charge is -2.36. The van der Waals surface area contributed by atoms with E-state index >= 15 is 0 Å². The average Bonchev–Trinajstić information content (AvgIpc) is 2.78. The molecule has 1 aromatic rings. The van der Waals surface area contributed by atoms with Gasteiger partial charge in [0.2, 0.25) is 5.91 Å². The number of ether oxygens (including phenoxy) is 1. The second-order valence-corrected chi connectivity index (χ2v) is 9.58. The number of hydrogen-bond acceptors (Lipinski definition) is 5. The number of aliphatic hydroxyl groups excluding tert-OH is 1. The molecule has 1 aliphatic rings. The van der Waals surface area contributed by atoms with Gasteiger partial charge in [0.15, 0.2) is 0 Å². The fourth-order valence-corrected chi connectivity index (χ4v) is 3.66. The number of nitrogens with one attached hydrogen (secondary N) is 1. The highest BCUT2D eigenvalue weighted by atomic mass is 35.5. The Bertz CT molecular complexity index is 871. The molecule has 190 valence electrons. The summed E-state index contributed by atoms with van der Waals surface area (Å²) in [6.45, 7) is 6.68. The van der Waals surface area contributed by atoms with Gasteiger partial charge in [-0.25, -0.2) is 14.0 Å². The minimum absolute atomic E-state index is 0.0266. The Morgan fingerprint density at radius 1 is 1.21 bits per heavy atom. The number of likely N-dealkylation sites (N-methyl/N-ethyl adjacent to an activating group) is 1. The summed E-state index contributed by atoms with van der Waals surface area (Å²) >= 11 is 5.91. The van der Waals surface area contributed by atoms with Gasteiger partial charge in [0.25, 0.3) is 0 Å². The van der Waals surface area contributed by atoms with Crippen LogP contribution in [0.5, 0.6) is 0 Å². The zero-order valence-electron chi connectivity index (χ0n) is 20.1. The quantitative estimate of drug-likeness (QED) is 0.599. The number of urea groups is 1. The van der Waals surface area contributed by atoms with E-state index in [1.54, 1.807) is 36.6 Å². The monoisotopic (exact) mass is 500 g/mol. The highest BCUT2D eigenvalue weighted by molar-refractivity contribution is 6.31. The molecular weight excluding hydrogens is 467 g/mol. The maximum atomic E-state index is 13.6. The van der Waals surface area contributed by atoms with Crippen molar-refractivity contribution in [2.24, 2.45) is 0 Å². The topological polar surface area (TPSA) is 102 Å². The van der Waals surface area contributed by atoms with Gasteiger partial charge in [-0.2, -0.15) is 0 Å². The second-order valence-electron chi connectivity index (χ2n) is 9.21. The van der Waals surface area contributed by atoms with E-state index in [2.05, 4.69) is 5.32 Å². The molecule has 1 aliphatic heterocycles. The molecule has 9 nitrogen and oxygen atoms in total. The number of amides is 4. The molecule has 1 saturated heterocycles. The van der Waals surface area contributed by atoms with E-state index in [9.17, 15) is 23.9 Å². The highest BCUT2D eigenvalue weighted by Gasteiger charge is 2.28. The van der Waals surface area contributed by atoms with Crippen LogP contribution < -0.4 is 5.32 Å². The van der Waals surface area contributed by atoms with Crippen molar-refractivity contribution in [1.82, 2.24) is 20.0 Å². The van der Waals surface area contributed by atoms with Gasteiger partial charge in [-0.1, -0.05) is 23.7 Å². The first-order valence-electron chi connectivity index (χ1n) is 11.2. The molecule has 0 spiro atoms. The van der Waals surface area contributed by atoms with Crippen LogP contribution in [0.3, 0.4) is 0 Å². The summed E-state index contributed by atoms with van der Waals surface area (Å²) in [5, 5.41) is 12.3. The van der Waals surface area contributed by atoms with Crippen molar-refractivity contribution >= 4 is 29.6 Å². The highest BCUT2D eigenvalue weighted by Crippen LogP contribution is 2.19. The van der Waals surface area contributed by atoms with Crippen molar-refractivity contribution in [2.75, 3.05) is 39.8 Å². The molecular formula is C23H34ClFN4O5. The first-order chi connectivity index (χ1) is 15.9. The summed E-state index contributed by atoms with van der Waals surface area (Å²) in [5.74, 6) is -0.678. The summed E-state index contributed by atoms with van der Waals surface area (Å²) in [4.78, 5) is 41.8. The third-order valence-corrected chi connectivity index (χ3v) is 5.94. The van der Waals surface area contributed by atoms with Gasteiger partial charge in [0, 0.05) is 46.2 Å². The van der Waals surface area contributed by atoms with Crippen molar-refractivity contribution in [2.45, 2.75) is 51.8 Å². The first-order valence-corrected chi connectivity index (χ1v) is 11.6. The van der Waals surface area contributed by atoms with Gasteiger partial charge >= 0.3 is 12.1 Å². The van der Waals surface area contributed by atoms with E-state index in [1.165, 1.54) is 24.1 Å². The number of halogens is 2. The van der Waals surface area contributed by atoms with Gasteiger partial charge in [-0.05, 0) is 38.8 Å². The number of carbonyl (C=O) groups excluding carboxylic acids is 3. The molecule has 0 radical (unpaired) electrons. The molecule has 1 atom stereocenters. The van der Waals surface area contributed by atoms with Crippen molar-refractivity contribution in [3.05, 3.63) is 34.6 Å². The number of benzene rings is 1. The van der Waals surface area contributed by atoms with Crippen LogP contribution in [0.4, 0.5) is 14.0 Å². The molecule has 0 saturated carbocycles. The lowest BCUT2D eigenvalue weighted by molar-refractivity contribution is -0.133. The molecule has 2 N–H and O–H groups in total. The van der Waals surface area contributed by atoms with Gasteiger partial charge in [-0.3, -0.25) is 4.79 Å². The average molecular weight is 501 g/mol. The molecule has 1 fully saturated rings. The summed E-state index contributed by atoms with van der Waals surface area (Å²) in [6.07, 6.45) is 0.0178. The Morgan fingerprint density at radius 2 is 1.82 bits per heavy atom. The zero-order valence-corrected chi connectivity index (χ0v) is 20.9. The predicted octanol–water partition coefficient (Wildman–Crippen LogP) is 2.84. The largest absolute Gasteiger partial charge is 0.444 e. The number of nitrogens with zero attached hydrogens (tertiary/aromatic N) is 3. The normalized spacial score (nSPS) is 15.0. The van der Waals surface area contributed by atoms with E-state index in [0.717, 1.165) is 0 Å². The Hall–Kier alpha value is -2.59. The van der Waals surface area contributed by atoms with Crippen molar-refractivity contribution in [3.63, 3.8) is 0 Å².